The predicted molar refractivity (Wildman–Crippen MR) is 160 cm³/mol. The molecule has 38 heavy (non-hydrogen) atoms. The molecule has 0 amide bonds. The van der Waals surface area contributed by atoms with Crippen molar-refractivity contribution in [2.75, 3.05) is 0 Å². The quantitative estimate of drug-likeness (QED) is 0.228. The van der Waals surface area contributed by atoms with Crippen molar-refractivity contribution in [2.45, 2.75) is 13.5 Å². The number of fused-ring (bicyclic) bond motifs is 9. The van der Waals surface area contributed by atoms with Gasteiger partial charge in [0.05, 0.1) is 17.2 Å². The van der Waals surface area contributed by atoms with E-state index in [1.54, 1.807) is 0 Å². The Kier molecular flexibility index (Phi) is 4.50. The van der Waals surface area contributed by atoms with E-state index in [1.807, 2.05) is 6.20 Å². The molecule has 5 aromatic carbocycles. The van der Waals surface area contributed by atoms with Gasteiger partial charge in [-0.1, -0.05) is 72.8 Å². The van der Waals surface area contributed by atoms with E-state index in [2.05, 4.69) is 136 Å². The van der Waals surface area contributed by atoms with Crippen LogP contribution in [-0.2, 0) is 6.54 Å². The third-order valence-corrected chi connectivity index (χ3v) is 7.98. The minimum atomic E-state index is 0.959. The van der Waals surface area contributed by atoms with Gasteiger partial charge in [-0.2, -0.15) is 5.10 Å². The van der Waals surface area contributed by atoms with Gasteiger partial charge in [0, 0.05) is 39.1 Å². The zero-order chi connectivity index (χ0) is 25.2. The maximum atomic E-state index is 4.62. The van der Waals surface area contributed by atoms with Gasteiger partial charge in [-0.05, 0) is 77.0 Å². The lowest BCUT2D eigenvalue weighted by Crippen LogP contribution is -1.93. The highest BCUT2D eigenvalue weighted by Gasteiger charge is 2.13. The minimum Gasteiger partial charge on any atom is -0.341 e. The van der Waals surface area contributed by atoms with Gasteiger partial charge < -0.3 is 4.57 Å². The molecule has 3 aromatic heterocycles. The summed E-state index contributed by atoms with van der Waals surface area (Å²) in [6.45, 7) is 3.17. The van der Waals surface area contributed by atoms with Crippen molar-refractivity contribution in [3.05, 3.63) is 121 Å². The van der Waals surface area contributed by atoms with E-state index in [9.17, 15) is 0 Å². The summed E-state index contributed by atoms with van der Waals surface area (Å²) in [6.07, 6.45) is 1.88. The second kappa shape index (κ2) is 8.06. The first-order valence-electron chi connectivity index (χ1n) is 13.2. The van der Waals surface area contributed by atoms with E-state index >= 15 is 0 Å². The van der Waals surface area contributed by atoms with E-state index < -0.39 is 0 Å². The van der Waals surface area contributed by atoms with Crippen LogP contribution in [0.1, 0.15) is 6.92 Å². The molecule has 180 valence electrons. The molecular formula is C35H25N3. The summed E-state index contributed by atoms with van der Waals surface area (Å²) < 4.78 is 4.46. The average molecular weight is 488 g/mol. The van der Waals surface area contributed by atoms with Crippen LogP contribution < -0.4 is 0 Å². The van der Waals surface area contributed by atoms with Crippen molar-refractivity contribution in [3.8, 4) is 22.3 Å². The molecule has 0 unspecified atom stereocenters. The highest BCUT2D eigenvalue weighted by atomic mass is 15.2. The van der Waals surface area contributed by atoms with Gasteiger partial charge in [0.1, 0.15) is 0 Å². The number of hydrogen-bond donors (Lipinski definition) is 0. The third kappa shape index (κ3) is 2.99. The molecule has 0 spiro atoms. The van der Waals surface area contributed by atoms with Crippen molar-refractivity contribution in [1.29, 1.82) is 0 Å². The average Bonchev–Trinajstić information content (AvgIpc) is 3.60. The fraction of sp³-hybridized carbons (Fsp3) is 0.0571. The van der Waals surface area contributed by atoms with Crippen molar-refractivity contribution in [2.24, 2.45) is 0 Å². The van der Waals surface area contributed by atoms with Crippen molar-refractivity contribution >= 4 is 49.0 Å². The van der Waals surface area contributed by atoms with Gasteiger partial charge >= 0.3 is 0 Å². The van der Waals surface area contributed by atoms with Crippen LogP contribution in [-0.4, -0.2) is 14.2 Å². The van der Waals surface area contributed by atoms with Gasteiger partial charge in [-0.15, -0.1) is 0 Å². The Labute approximate surface area is 220 Å². The molecular weight excluding hydrogens is 462 g/mol. The molecule has 3 heterocycles. The Morgan fingerprint density at radius 1 is 0.474 bits per heavy atom. The highest BCUT2D eigenvalue weighted by molar-refractivity contribution is 6.13. The number of para-hydroxylation sites is 1. The molecule has 0 aliphatic carbocycles. The second-order valence-electron chi connectivity index (χ2n) is 9.98. The molecule has 8 aromatic rings. The summed E-state index contributed by atoms with van der Waals surface area (Å²) in [6, 6.07) is 42.0. The zero-order valence-corrected chi connectivity index (χ0v) is 21.1. The van der Waals surface area contributed by atoms with E-state index in [-0.39, 0.29) is 0 Å². The maximum Gasteiger partial charge on any atom is 0.0747 e. The Bertz CT molecular complexity index is 2180. The summed E-state index contributed by atoms with van der Waals surface area (Å²) in [5, 5.41) is 10.9. The van der Waals surface area contributed by atoms with E-state index in [4.69, 9.17) is 0 Å². The lowest BCUT2D eigenvalue weighted by atomic mass is 9.96. The number of pyridine rings is 1. The second-order valence-corrected chi connectivity index (χ2v) is 9.98. The van der Waals surface area contributed by atoms with Gasteiger partial charge in [0.15, 0.2) is 0 Å². The van der Waals surface area contributed by atoms with E-state index in [0.717, 1.165) is 17.6 Å². The van der Waals surface area contributed by atoms with Gasteiger partial charge in [-0.3, -0.25) is 0 Å². The van der Waals surface area contributed by atoms with Crippen LogP contribution in [0.15, 0.2) is 121 Å². The maximum absolute atomic E-state index is 4.62. The molecule has 8 rings (SSSR count). The fourth-order valence-electron chi connectivity index (χ4n) is 6.21. The van der Waals surface area contributed by atoms with E-state index in [1.165, 1.54) is 60.2 Å². The van der Waals surface area contributed by atoms with Crippen LogP contribution in [0.2, 0.25) is 0 Å². The molecule has 3 heteroatoms. The largest absolute Gasteiger partial charge is 0.341 e. The monoisotopic (exact) mass is 487 g/mol. The molecule has 0 radical (unpaired) electrons. The molecule has 0 saturated carbocycles. The number of rotatable bonds is 3. The van der Waals surface area contributed by atoms with Crippen molar-refractivity contribution in [1.82, 2.24) is 14.2 Å². The fourth-order valence-corrected chi connectivity index (χ4v) is 6.21. The molecule has 0 fully saturated rings. The number of aromatic nitrogens is 3. The first-order valence-corrected chi connectivity index (χ1v) is 13.2. The topological polar surface area (TPSA) is 22.2 Å². The standard InChI is InChI=1S/C35H25N3/c1-2-37-32-13-6-5-12-29(32)31-22-25(14-16-33(31)37)23-8-7-9-24(20-23)26-15-17-34-30(21-26)27-10-3-4-11-28(27)35-18-19-36-38(34)35/h3-22H,2H2,1H3. The smallest absolute Gasteiger partial charge is 0.0747 e. The van der Waals surface area contributed by atoms with Crippen molar-refractivity contribution in [3.63, 3.8) is 0 Å². The first kappa shape index (κ1) is 21.2. The minimum absolute atomic E-state index is 0.959. The van der Waals surface area contributed by atoms with Crippen LogP contribution in [0, 0.1) is 0 Å². The molecule has 0 atom stereocenters. The first-order chi connectivity index (χ1) is 18.8. The number of benzene rings is 5. The van der Waals surface area contributed by atoms with Crippen LogP contribution in [0.4, 0.5) is 0 Å². The van der Waals surface area contributed by atoms with Crippen LogP contribution >= 0.6 is 0 Å². The summed E-state index contributed by atoms with van der Waals surface area (Å²) in [5.41, 5.74) is 9.74. The van der Waals surface area contributed by atoms with Gasteiger partial charge in [0.2, 0.25) is 0 Å². The summed E-state index contributed by atoms with van der Waals surface area (Å²) >= 11 is 0. The molecule has 0 saturated heterocycles. The van der Waals surface area contributed by atoms with Crippen LogP contribution in [0.25, 0.3) is 71.3 Å². The Morgan fingerprint density at radius 2 is 1.03 bits per heavy atom. The SMILES string of the molecule is CCn1c2ccccc2c2cc(-c3cccc(-c4ccc5c(c4)c4ccccc4c4ccnn45)c3)ccc21. The molecule has 3 nitrogen and oxygen atoms in total. The van der Waals surface area contributed by atoms with Crippen molar-refractivity contribution < 1.29 is 0 Å². The summed E-state index contributed by atoms with van der Waals surface area (Å²) in [7, 11) is 0. The Hall–Kier alpha value is -4.89. The molecule has 0 aliphatic rings. The Morgan fingerprint density at radius 3 is 1.76 bits per heavy atom. The normalized spacial score (nSPS) is 11.9. The summed E-state index contributed by atoms with van der Waals surface area (Å²) in [4.78, 5) is 0. The number of nitrogens with zero attached hydrogens (tertiary/aromatic N) is 3. The number of hydrogen-bond acceptors (Lipinski definition) is 1. The van der Waals surface area contributed by atoms with Crippen LogP contribution in [0.3, 0.4) is 0 Å². The third-order valence-electron chi connectivity index (χ3n) is 7.98. The lowest BCUT2D eigenvalue weighted by Gasteiger charge is -2.11. The molecule has 0 aliphatic heterocycles. The number of aryl methyl sites for hydroxylation is 1. The highest BCUT2D eigenvalue weighted by Crippen LogP contribution is 2.36. The Balaban J connectivity index is 1.30. The summed E-state index contributed by atoms with van der Waals surface area (Å²) in [5.74, 6) is 0. The zero-order valence-electron chi connectivity index (χ0n) is 21.1. The van der Waals surface area contributed by atoms with Crippen LogP contribution in [0.5, 0.6) is 0 Å². The molecule has 0 N–H and O–H groups in total. The van der Waals surface area contributed by atoms with Gasteiger partial charge in [-0.25, -0.2) is 4.52 Å². The molecule has 0 bridgehead atoms. The lowest BCUT2D eigenvalue weighted by molar-refractivity contribution is 0.827. The predicted octanol–water partition coefficient (Wildman–Crippen LogP) is 9.10. The van der Waals surface area contributed by atoms with E-state index in [0.29, 0.717) is 0 Å². The van der Waals surface area contributed by atoms with Gasteiger partial charge in [0.25, 0.3) is 0 Å².